The molecular formula is C18H20N2O4S. The van der Waals surface area contributed by atoms with Gasteiger partial charge in [0.15, 0.2) is 0 Å². The second-order valence-corrected chi connectivity index (χ2v) is 7.69. The van der Waals surface area contributed by atoms with Crippen LogP contribution in [0.2, 0.25) is 0 Å². The Labute approximate surface area is 147 Å². The number of nitrogens with one attached hydrogen (secondary N) is 2. The summed E-state index contributed by atoms with van der Waals surface area (Å²) >= 11 is 0. The number of aryl methyl sites for hydroxylation is 1. The molecule has 1 aliphatic rings. The van der Waals surface area contributed by atoms with Crippen LogP contribution in [-0.4, -0.2) is 20.9 Å². The minimum Gasteiger partial charge on any atom is -0.493 e. The van der Waals surface area contributed by atoms with Crippen LogP contribution in [0, 0.1) is 6.92 Å². The molecule has 2 aromatic carbocycles. The van der Waals surface area contributed by atoms with Gasteiger partial charge >= 0.3 is 0 Å². The predicted octanol–water partition coefficient (Wildman–Crippen LogP) is 2.76. The number of hydrogen-bond donors (Lipinski definition) is 2. The zero-order chi connectivity index (χ0) is 18.0. The van der Waals surface area contributed by atoms with Gasteiger partial charge in [-0.05, 0) is 30.7 Å². The van der Waals surface area contributed by atoms with E-state index >= 15 is 0 Å². The Morgan fingerprint density at radius 2 is 1.96 bits per heavy atom. The van der Waals surface area contributed by atoms with Crippen LogP contribution in [0.25, 0.3) is 0 Å². The number of para-hydroxylation sites is 1. The fraction of sp³-hybridized carbons (Fsp3) is 0.278. The number of ether oxygens (including phenoxy) is 1. The number of anilines is 1. The molecule has 132 valence electrons. The Kier molecular flexibility index (Phi) is 4.78. The van der Waals surface area contributed by atoms with Crippen LogP contribution in [0.5, 0.6) is 5.75 Å². The van der Waals surface area contributed by atoms with Crippen molar-refractivity contribution < 1.29 is 17.9 Å². The molecule has 1 amide bonds. The first-order chi connectivity index (χ1) is 11.9. The number of fused-ring (bicyclic) bond motifs is 1. The van der Waals surface area contributed by atoms with Gasteiger partial charge in [-0.15, -0.1) is 0 Å². The van der Waals surface area contributed by atoms with Crippen molar-refractivity contribution >= 4 is 21.6 Å². The molecule has 1 aliphatic heterocycles. The summed E-state index contributed by atoms with van der Waals surface area (Å²) in [5.74, 6) is 0.448. The first kappa shape index (κ1) is 17.4. The molecule has 0 fully saturated rings. The van der Waals surface area contributed by atoms with E-state index in [4.69, 9.17) is 4.74 Å². The van der Waals surface area contributed by atoms with E-state index in [0.29, 0.717) is 30.0 Å². The highest BCUT2D eigenvalue weighted by atomic mass is 32.2. The van der Waals surface area contributed by atoms with Crippen molar-refractivity contribution in [2.24, 2.45) is 0 Å². The number of sulfonamides is 1. The molecule has 0 aliphatic carbocycles. The minimum atomic E-state index is -3.75. The van der Waals surface area contributed by atoms with Gasteiger partial charge in [-0.1, -0.05) is 24.3 Å². The van der Waals surface area contributed by atoms with Crippen LogP contribution in [0.15, 0.2) is 47.4 Å². The number of benzene rings is 2. The molecule has 0 aromatic heterocycles. The SMILES string of the molecule is CC(=O)Nc1ccc(C)c(S(=O)(=O)N[C@@H]2CCOc3ccccc32)c1. The standard InChI is InChI=1S/C18H20N2O4S/c1-12-7-8-14(19-13(2)21)11-18(12)25(22,23)20-16-9-10-24-17-6-4-3-5-15(16)17/h3-8,11,16,20H,9-10H2,1-2H3,(H,19,21)/t16-/m1/s1. The van der Waals surface area contributed by atoms with Crippen molar-refractivity contribution in [1.82, 2.24) is 4.72 Å². The predicted molar refractivity (Wildman–Crippen MR) is 95.1 cm³/mol. The summed E-state index contributed by atoms with van der Waals surface area (Å²) in [6.07, 6.45) is 0.556. The third-order valence-electron chi connectivity index (χ3n) is 4.05. The molecule has 2 N–H and O–H groups in total. The highest BCUT2D eigenvalue weighted by molar-refractivity contribution is 7.89. The lowest BCUT2D eigenvalue weighted by molar-refractivity contribution is -0.114. The Hall–Kier alpha value is -2.38. The van der Waals surface area contributed by atoms with Gasteiger partial charge < -0.3 is 10.1 Å². The number of hydrogen-bond acceptors (Lipinski definition) is 4. The fourth-order valence-electron chi connectivity index (χ4n) is 2.89. The van der Waals surface area contributed by atoms with E-state index in [9.17, 15) is 13.2 Å². The molecule has 1 heterocycles. The van der Waals surface area contributed by atoms with Gasteiger partial charge in [-0.25, -0.2) is 13.1 Å². The van der Waals surface area contributed by atoms with Crippen LogP contribution in [0.4, 0.5) is 5.69 Å². The van der Waals surface area contributed by atoms with Gasteiger partial charge in [0, 0.05) is 24.6 Å². The Morgan fingerprint density at radius 3 is 2.72 bits per heavy atom. The van der Waals surface area contributed by atoms with Gasteiger partial charge in [0.25, 0.3) is 0 Å². The molecule has 0 saturated carbocycles. The van der Waals surface area contributed by atoms with Crippen molar-refractivity contribution in [3.05, 3.63) is 53.6 Å². The molecule has 25 heavy (non-hydrogen) atoms. The normalized spacial score (nSPS) is 16.6. The van der Waals surface area contributed by atoms with E-state index in [1.165, 1.54) is 13.0 Å². The Morgan fingerprint density at radius 1 is 1.20 bits per heavy atom. The van der Waals surface area contributed by atoms with Crippen molar-refractivity contribution in [3.8, 4) is 5.75 Å². The lowest BCUT2D eigenvalue weighted by Gasteiger charge is -2.26. The van der Waals surface area contributed by atoms with E-state index in [-0.39, 0.29) is 16.8 Å². The number of amides is 1. The number of carbonyl (C=O) groups excluding carboxylic acids is 1. The van der Waals surface area contributed by atoms with E-state index < -0.39 is 10.0 Å². The van der Waals surface area contributed by atoms with Crippen LogP contribution < -0.4 is 14.8 Å². The fourth-order valence-corrected chi connectivity index (χ4v) is 4.41. The van der Waals surface area contributed by atoms with Gasteiger partial charge in [-0.2, -0.15) is 0 Å². The summed E-state index contributed by atoms with van der Waals surface area (Å²) in [5, 5.41) is 2.61. The minimum absolute atomic E-state index is 0.155. The van der Waals surface area contributed by atoms with Gasteiger partial charge in [0.05, 0.1) is 17.5 Å². The summed E-state index contributed by atoms with van der Waals surface area (Å²) in [7, 11) is -3.75. The number of rotatable bonds is 4. The van der Waals surface area contributed by atoms with E-state index in [0.717, 1.165) is 5.56 Å². The smallest absolute Gasteiger partial charge is 0.241 e. The summed E-state index contributed by atoms with van der Waals surface area (Å²) in [6, 6.07) is 11.9. The topological polar surface area (TPSA) is 84.5 Å². The lowest BCUT2D eigenvalue weighted by Crippen LogP contribution is -2.32. The molecule has 1 atom stereocenters. The zero-order valence-corrected chi connectivity index (χ0v) is 14.9. The van der Waals surface area contributed by atoms with Crippen molar-refractivity contribution in [3.63, 3.8) is 0 Å². The van der Waals surface area contributed by atoms with E-state index in [1.807, 2.05) is 24.3 Å². The third-order valence-corrected chi connectivity index (χ3v) is 5.67. The summed E-state index contributed by atoms with van der Waals surface area (Å²) in [6.45, 7) is 3.56. The molecular weight excluding hydrogens is 340 g/mol. The third kappa shape index (κ3) is 3.83. The van der Waals surface area contributed by atoms with E-state index in [1.54, 1.807) is 19.1 Å². The average molecular weight is 360 g/mol. The largest absolute Gasteiger partial charge is 0.493 e. The molecule has 0 saturated heterocycles. The van der Waals surface area contributed by atoms with Crippen molar-refractivity contribution in [2.75, 3.05) is 11.9 Å². The highest BCUT2D eigenvalue weighted by Crippen LogP contribution is 2.33. The number of carbonyl (C=O) groups is 1. The first-order valence-electron chi connectivity index (χ1n) is 7.99. The maximum Gasteiger partial charge on any atom is 0.241 e. The molecule has 0 bridgehead atoms. The van der Waals surface area contributed by atoms with Crippen LogP contribution in [-0.2, 0) is 14.8 Å². The lowest BCUT2D eigenvalue weighted by atomic mass is 10.0. The maximum absolute atomic E-state index is 12.9. The monoisotopic (exact) mass is 360 g/mol. The van der Waals surface area contributed by atoms with Crippen LogP contribution in [0.1, 0.15) is 30.5 Å². The molecule has 6 nitrogen and oxygen atoms in total. The second kappa shape index (κ2) is 6.85. The molecule has 2 aromatic rings. The quantitative estimate of drug-likeness (QED) is 0.878. The zero-order valence-electron chi connectivity index (χ0n) is 14.1. The van der Waals surface area contributed by atoms with E-state index in [2.05, 4.69) is 10.0 Å². The average Bonchev–Trinajstić information content (AvgIpc) is 2.56. The van der Waals surface area contributed by atoms with Gasteiger partial charge in [0.1, 0.15) is 5.75 Å². The molecule has 0 radical (unpaired) electrons. The first-order valence-corrected chi connectivity index (χ1v) is 9.47. The molecule has 0 spiro atoms. The van der Waals surface area contributed by atoms with Crippen molar-refractivity contribution in [1.29, 1.82) is 0 Å². The maximum atomic E-state index is 12.9. The summed E-state index contributed by atoms with van der Waals surface area (Å²) < 4.78 is 34.2. The molecule has 0 unspecified atom stereocenters. The van der Waals surface area contributed by atoms with Crippen LogP contribution in [0.3, 0.4) is 0 Å². The summed E-state index contributed by atoms with van der Waals surface area (Å²) in [4.78, 5) is 11.4. The molecule has 7 heteroatoms. The summed E-state index contributed by atoms with van der Waals surface area (Å²) in [5.41, 5.74) is 1.89. The Balaban J connectivity index is 1.92. The Bertz CT molecular complexity index is 909. The van der Waals surface area contributed by atoms with Gasteiger partial charge in [0.2, 0.25) is 15.9 Å². The van der Waals surface area contributed by atoms with Crippen LogP contribution >= 0.6 is 0 Å². The van der Waals surface area contributed by atoms with Crippen molar-refractivity contribution in [2.45, 2.75) is 31.2 Å². The second-order valence-electron chi connectivity index (χ2n) is 6.01. The molecule has 3 rings (SSSR count). The highest BCUT2D eigenvalue weighted by Gasteiger charge is 2.27. The van der Waals surface area contributed by atoms with Gasteiger partial charge in [-0.3, -0.25) is 4.79 Å².